The van der Waals surface area contributed by atoms with Gasteiger partial charge in [-0.3, -0.25) is 19.2 Å². The fourth-order valence-electron chi connectivity index (χ4n) is 3.07. The van der Waals surface area contributed by atoms with Gasteiger partial charge < -0.3 is 35.8 Å². The molecule has 36 heavy (non-hydrogen) atoms. The first-order valence-electron chi connectivity index (χ1n) is 10.8. The number of phenolic OH excluding ortho intramolecular Hbond substituents is 1. The van der Waals surface area contributed by atoms with Crippen LogP contribution in [0.1, 0.15) is 44.4 Å². The minimum atomic E-state index is -1.57. The zero-order valence-electron chi connectivity index (χ0n) is 20.8. The monoisotopic (exact) mass is 505 g/mol. The smallest absolute Gasteiger partial charge is 0.408 e. The lowest BCUT2D eigenvalue weighted by molar-refractivity contribution is -0.144. The quantitative estimate of drug-likeness (QED) is 0.252. The summed E-state index contributed by atoms with van der Waals surface area (Å²) in [6, 6.07) is 2.78. The largest absolute Gasteiger partial charge is 0.508 e. The van der Waals surface area contributed by atoms with Crippen molar-refractivity contribution in [2.24, 2.45) is 5.73 Å². The Morgan fingerprint density at radius 2 is 1.86 bits per heavy atom. The van der Waals surface area contributed by atoms with Crippen molar-refractivity contribution >= 4 is 29.8 Å². The van der Waals surface area contributed by atoms with E-state index in [0.29, 0.717) is 5.56 Å². The van der Waals surface area contributed by atoms with Crippen molar-refractivity contribution in [1.82, 2.24) is 15.5 Å². The van der Waals surface area contributed by atoms with Crippen LogP contribution in [0.2, 0.25) is 0 Å². The maximum absolute atomic E-state index is 13.5. The summed E-state index contributed by atoms with van der Waals surface area (Å²) in [6.07, 6.45) is -1.67. The van der Waals surface area contributed by atoms with E-state index in [9.17, 15) is 34.3 Å². The second kappa shape index (κ2) is 12.9. The average Bonchev–Trinajstić information content (AvgIpc) is 2.76. The Hall–Kier alpha value is -4.34. The molecule has 0 aromatic heterocycles. The van der Waals surface area contributed by atoms with Crippen molar-refractivity contribution in [3.8, 4) is 11.8 Å². The Labute approximate surface area is 208 Å². The van der Waals surface area contributed by atoms with Crippen LogP contribution in [0.15, 0.2) is 18.2 Å². The first-order chi connectivity index (χ1) is 16.7. The normalized spacial score (nSPS) is 12.3. The topological polar surface area (TPSA) is 201 Å². The number of hydrogen-bond donors (Lipinski definition) is 4. The number of rotatable bonds is 10. The lowest BCUT2D eigenvalue weighted by Crippen LogP contribution is -2.54. The summed E-state index contributed by atoms with van der Waals surface area (Å²) in [5.41, 5.74) is 4.89. The van der Waals surface area contributed by atoms with Crippen LogP contribution in [0, 0.1) is 18.3 Å². The molecular formula is C23H31N5O8. The average molecular weight is 506 g/mol. The molecule has 0 aliphatic rings. The molecule has 13 heteroatoms. The number of esters is 1. The second-order valence-corrected chi connectivity index (χ2v) is 8.74. The van der Waals surface area contributed by atoms with Crippen LogP contribution >= 0.6 is 0 Å². The van der Waals surface area contributed by atoms with Crippen LogP contribution in [0.5, 0.6) is 5.75 Å². The van der Waals surface area contributed by atoms with Crippen molar-refractivity contribution < 1.29 is 38.6 Å². The Morgan fingerprint density at radius 1 is 1.22 bits per heavy atom. The van der Waals surface area contributed by atoms with Gasteiger partial charge in [0, 0.05) is 0 Å². The molecule has 0 heterocycles. The number of amides is 4. The second-order valence-electron chi connectivity index (χ2n) is 8.74. The summed E-state index contributed by atoms with van der Waals surface area (Å²) in [5.74, 6) is -3.62. The number of carbonyl (C=O) groups is 5. The SMILES string of the molecule is COC(=O)CNC(=O)C(c1ccc(O)c(C)c1)N(CC#N)C(=O)C(CC(N)=O)NC(=O)OC(C)(C)C. The fourth-order valence-corrected chi connectivity index (χ4v) is 3.07. The number of nitrogens with two attached hydrogens (primary N) is 1. The minimum absolute atomic E-state index is 0.0798. The van der Waals surface area contributed by atoms with E-state index in [2.05, 4.69) is 15.4 Å². The van der Waals surface area contributed by atoms with Crippen molar-refractivity contribution in [2.45, 2.75) is 51.8 Å². The van der Waals surface area contributed by atoms with Crippen LogP contribution in [0.4, 0.5) is 4.79 Å². The van der Waals surface area contributed by atoms with E-state index in [1.807, 2.05) is 0 Å². The van der Waals surface area contributed by atoms with E-state index in [1.54, 1.807) is 33.8 Å². The number of alkyl carbamates (subject to hydrolysis) is 1. The van der Waals surface area contributed by atoms with Gasteiger partial charge in [-0.2, -0.15) is 5.26 Å². The number of nitrogens with zero attached hydrogens (tertiary/aromatic N) is 2. The van der Waals surface area contributed by atoms with Gasteiger partial charge in [0.1, 0.15) is 36.5 Å². The van der Waals surface area contributed by atoms with Gasteiger partial charge in [-0.15, -0.1) is 0 Å². The van der Waals surface area contributed by atoms with Crippen LogP contribution in [-0.2, 0) is 28.7 Å². The standard InChI is InChI=1S/C23H31N5O8/c1-13-10-14(6-7-16(13)29)19(20(32)26-12-18(31)35-5)28(9-8-24)21(33)15(11-17(25)30)27-22(34)36-23(2,3)4/h6-7,10,15,19,29H,9,11-12H2,1-5H3,(H2,25,30)(H,26,32)(H,27,34). The number of aryl methyl sites for hydroxylation is 1. The lowest BCUT2D eigenvalue weighted by atomic mass is 10.00. The molecule has 4 amide bonds. The van der Waals surface area contributed by atoms with Crippen molar-refractivity contribution in [3.63, 3.8) is 0 Å². The highest BCUT2D eigenvalue weighted by Crippen LogP contribution is 2.27. The fraction of sp³-hybridized carbons (Fsp3) is 0.478. The molecule has 13 nitrogen and oxygen atoms in total. The van der Waals surface area contributed by atoms with E-state index in [0.717, 1.165) is 12.0 Å². The molecule has 2 unspecified atom stereocenters. The highest BCUT2D eigenvalue weighted by Gasteiger charge is 2.37. The Kier molecular flexibility index (Phi) is 10.7. The number of hydrogen-bond acceptors (Lipinski definition) is 9. The predicted octanol–water partition coefficient (Wildman–Crippen LogP) is 0.152. The molecule has 0 saturated carbocycles. The summed E-state index contributed by atoms with van der Waals surface area (Å²) in [7, 11) is 1.12. The Balaban J connectivity index is 3.49. The molecule has 0 saturated heterocycles. The van der Waals surface area contributed by atoms with E-state index < -0.39 is 67.0 Å². The number of nitrogens with one attached hydrogen (secondary N) is 2. The van der Waals surface area contributed by atoms with Gasteiger partial charge in [0.05, 0.1) is 19.6 Å². The molecule has 2 atom stereocenters. The summed E-state index contributed by atoms with van der Waals surface area (Å²) >= 11 is 0. The summed E-state index contributed by atoms with van der Waals surface area (Å²) < 4.78 is 9.65. The van der Waals surface area contributed by atoms with Gasteiger partial charge in [0.15, 0.2) is 0 Å². The number of benzene rings is 1. The first-order valence-corrected chi connectivity index (χ1v) is 10.8. The molecule has 196 valence electrons. The van der Waals surface area contributed by atoms with Crippen LogP contribution in [0.3, 0.4) is 0 Å². The maximum Gasteiger partial charge on any atom is 0.408 e. The molecule has 0 radical (unpaired) electrons. The molecule has 1 aromatic carbocycles. The maximum atomic E-state index is 13.5. The van der Waals surface area contributed by atoms with Crippen LogP contribution < -0.4 is 16.4 Å². The van der Waals surface area contributed by atoms with Crippen molar-refractivity contribution in [3.05, 3.63) is 29.3 Å². The zero-order valence-corrected chi connectivity index (χ0v) is 20.8. The van der Waals surface area contributed by atoms with Gasteiger partial charge in [-0.05, 0) is 51.0 Å². The van der Waals surface area contributed by atoms with Gasteiger partial charge >= 0.3 is 12.1 Å². The predicted molar refractivity (Wildman–Crippen MR) is 125 cm³/mol. The van der Waals surface area contributed by atoms with Crippen molar-refractivity contribution in [1.29, 1.82) is 5.26 Å². The van der Waals surface area contributed by atoms with Crippen LogP contribution in [0.25, 0.3) is 0 Å². The molecule has 0 spiro atoms. The van der Waals surface area contributed by atoms with E-state index in [-0.39, 0.29) is 11.3 Å². The van der Waals surface area contributed by atoms with Gasteiger partial charge in [0.2, 0.25) is 17.7 Å². The summed E-state index contributed by atoms with van der Waals surface area (Å²) in [5, 5.41) is 23.9. The minimum Gasteiger partial charge on any atom is -0.508 e. The first kappa shape index (κ1) is 29.7. The molecular weight excluding hydrogens is 474 g/mol. The molecule has 0 fully saturated rings. The third-order valence-corrected chi connectivity index (χ3v) is 4.65. The third kappa shape index (κ3) is 9.13. The highest BCUT2D eigenvalue weighted by atomic mass is 16.6. The highest BCUT2D eigenvalue weighted by molar-refractivity contribution is 5.95. The third-order valence-electron chi connectivity index (χ3n) is 4.65. The Bertz CT molecular complexity index is 1040. The molecule has 5 N–H and O–H groups in total. The Morgan fingerprint density at radius 3 is 2.36 bits per heavy atom. The van der Waals surface area contributed by atoms with Gasteiger partial charge in [0.25, 0.3) is 0 Å². The number of primary amides is 1. The van der Waals surface area contributed by atoms with Crippen molar-refractivity contribution in [2.75, 3.05) is 20.2 Å². The molecule has 0 aliphatic heterocycles. The summed E-state index contributed by atoms with van der Waals surface area (Å²) in [6.45, 7) is 5.16. The van der Waals surface area contributed by atoms with Gasteiger partial charge in [-0.25, -0.2) is 4.79 Å². The molecule has 1 rings (SSSR count). The zero-order chi connectivity index (χ0) is 27.6. The van der Waals surface area contributed by atoms with E-state index in [4.69, 9.17) is 10.5 Å². The number of phenols is 1. The number of methoxy groups -OCH3 is 1. The van der Waals surface area contributed by atoms with E-state index >= 15 is 0 Å². The van der Waals surface area contributed by atoms with E-state index in [1.165, 1.54) is 18.2 Å². The number of aromatic hydroxyl groups is 1. The number of nitriles is 1. The molecule has 0 bridgehead atoms. The molecule has 0 aliphatic carbocycles. The summed E-state index contributed by atoms with van der Waals surface area (Å²) in [4.78, 5) is 63.0. The lowest BCUT2D eigenvalue weighted by Gasteiger charge is -2.32. The van der Waals surface area contributed by atoms with Gasteiger partial charge in [-0.1, -0.05) is 6.07 Å². The number of carbonyl (C=O) groups excluding carboxylic acids is 5. The van der Waals surface area contributed by atoms with Crippen LogP contribution in [-0.4, -0.2) is 71.6 Å². The number of ether oxygens (including phenoxy) is 2. The molecule has 1 aromatic rings.